The Morgan fingerprint density at radius 2 is 1.90 bits per heavy atom. The van der Waals surface area contributed by atoms with E-state index < -0.39 is 0 Å². The van der Waals surface area contributed by atoms with E-state index in [1.165, 1.54) is 32.4 Å². The average molecular weight is 140 g/mol. The second-order valence-corrected chi connectivity index (χ2v) is 3.12. The van der Waals surface area contributed by atoms with E-state index in [1.807, 2.05) is 6.92 Å². The fourth-order valence-corrected chi connectivity index (χ4v) is 1.45. The molecule has 2 nitrogen and oxygen atoms in total. The zero-order valence-corrected chi connectivity index (χ0v) is 6.69. The minimum atomic E-state index is 0.793. The van der Waals surface area contributed by atoms with Crippen molar-refractivity contribution >= 4 is 5.71 Å². The van der Waals surface area contributed by atoms with Gasteiger partial charge in [-0.3, -0.25) is 4.90 Å². The van der Waals surface area contributed by atoms with Gasteiger partial charge in [-0.05, 0) is 32.9 Å². The van der Waals surface area contributed by atoms with Crippen LogP contribution in [0.1, 0.15) is 26.2 Å². The number of nitrogens with one attached hydrogen (secondary N) is 1. The van der Waals surface area contributed by atoms with Crippen LogP contribution in [-0.2, 0) is 0 Å². The van der Waals surface area contributed by atoms with Gasteiger partial charge >= 0.3 is 0 Å². The Kier molecular flexibility index (Phi) is 2.87. The quantitative estimate of drug-likeness (QED) is 0.578. The summed E-state index contributed by atoms with van der Waals surface area (Å²) >= 11 is 0. The molecule has 58 valence electrons. The van der Waals surface area contributed by atoms with Crippen LogP contribution in [0.4, 0.5) is 0 Å². The summed E-state index contributed by atoms with van der Waals surface area (Å²) in [4.78, 5) is 2.37. The summed E-state index contributed by atoms with van der Waals surface area (Å²) in [5, 5.41) is 7.29. The maximum atomic E-state index is 7.29. The van der Waals surface area contributed by atoms with Gasteiger partial charge < -0.3 is 5.41 Å². The summed E-state index contributed by atoms with van der Waals surface area (Å²) in [6, 6.07) is 0. The number of hydrogen-bond acceptors (Lipinski definition) is 2. The summed E-state index contributed by atoms with van der Waals surface area (Å²) in [6.45, 7) is 5.18. The van der Waals surface area contributed by atoms with Gasteiger partial charge in [-0.25, -0.2) is 0 Å². The van der Waals surface area contributed by atoms with Crippen molar-refractivity contribution in [3.05, 3.63) is 0 Å². The van der Waals surface area contributed by atoms with Gasteiger partial charge in [0.25, 0.3) is 0 Å². The maximum absolute atomic E-state index is 7.29. The molecular formula is C8H16N2. The highest BCUT2D eigenvalue weighted by Gasteiger charge is 2.09. The SMILES string of the molecule is CC(=N)CN1CCCCC1. The van der Waals surface area contributed by atoms with Gasteiger partial charge in [-0.1, -0.05) is 6.42 Å². The molecule has 0 aromatic carbocycles. The van der Waals surface area contributed by atoms with Gasteiger partial charge in [-0.15, -0.1) is 0 Å². The van der Waals surface area contributed by atoms with Crippen LogP contribution in [0.15, 0.2) is 0 Å². The first-order valence-corrected chi connectivity index (χ1v) is 4.05. The van der Waals surface area contributed by atoms with Crippen molar-refractivity contribution in [2.45, 2.75) is 26.2 Å². The molecule has 0 spiro atoms. The second kappa shape index (κ2) is 3.71. The lowest BCUT2D eigenvalue weighted by Crippen LogP contribution is -2.33. The largest absolute Gasteiger partial charge is 0.309 e. The third-order valence-corrected chi connectivity index (χ3v) is 1.91. The molecule has 0 amide bonds. The summed E-state index contributed by atoms with van der Waals surface area (Å²) in [5.41, 5.74) is 0.793. The van der Waals surface area contributed by atoms with Crippen LogP contribution in [0.25, 0.3) is 0 Å². The molecule has 0 unspecified atom stereocenters. The van der Waals surface area contributed by atoms with Crippen molar-refractivity contribution in [2.75, 3.05) is 19.6 Å². The van der Waals surface area contributed by atoms with Crippen molar-refractivity contribution < 1.29 is 0 Å². The summed E-state index contributed by atoms with van der Waals surface area (Å²) in [6.07, 6.45) is 4.04. The molecule has 1 aliphatic heterocycles. The molecule has 1 aliphatic rings. The molecule has 2 heteroatoms. The summed E-state index contributed by atoms with van der Waals surface area (Å²) < 4.78 is 0. The number of rotatable bonds is 2. The van der Waals surface area contributed by atoms with Crippen LogP contribution >= 0.6 is 0 Å². The molecule has 0 bridgehead atoms. The number of nitrogens with zero attached hydrogens (tertiary/aromatic N) is 1. The molecule has 0 atom stereocenters. The number of piperidine rings is 1. The van der Waals surface area contributed by atoms with Crippen LogP contribution < -0.4 is 0 Å². The van der Waals surface area contributed by atoms with E-state index in [0.29, 0.717) is 0 Å². The first kappa shape index (κ1) is 7.73. The van der Waals surface area contributed by atoms with E-state index in [4.69, 9.17) is 5.41 Å². The van der Waals surface area contributed by atoms with Gasteiger partial charge in [0.1, 0.15) is 0 Å². The maximum Gasteiger partial charge on any atom is 0.0357 e. The molecule has 1 N–H and O–H groups in total. The van der Waals surface area contributed by atoms with Crippen LogP contribution in [0, 0.1) is 5.41 Å². The van der Waals surface area contributed by atoms with Crippen molar-refractivity contribution in [1.82, 2.24) is 4.90 Å². The molecule has 0 radical (unpaired) electrons. The lowest BCUT2D eigenvalue weighted by atomic mass is 10.1. The third kappa shape index (κ3) is 2.48. The lowest BCUT2D eigenvalue weighted by Gasteiger charge is -2.25. The highest BCUT2D eigenvalue weighted by Crippen LogP contribution is 2.07. The fraction of sp³-hybridized carbons (Fsp3) is 0.875. The molecule has 10 heavy (non-hydrogen) atoms. The van der Waals surface area contributed by atoms with Gasteiger partial charge in [0.15, 0.2) is 0 Å². The third-order valence-electron chi connectivity index (χ3n) is 1.91. The minimum absolute atomic E-state index is 0.793. The number of likely N-dealkylation sites (tertiary alicyclic amines) is 1. The topological polar surface area (TPSA) is 27.1 Å². The fourth-order valence-electron chi connectivity index (χ4n) is 1.45. The van der Waals surface area contributed by atoms with E-state index in [1.54, 1.807) is 0 Å². The molecule has 0 saturated carbocycles. The van der Waals surface area contributed by atoms with Crippen LogP contribution in [0.3, 0.4) is 0 Å². The summed E-state index contributed by atoms with van der Waals surface area (Å²) in [7, 11) is 0. The Morgan fingerprint density at radius 1 is 1.30 bits per heavy atom. The monoisotopic (exact) mass is 140 g/mol. The van der Waals surface area contributed by atoms with Gasteiger partial charge in [0.05, 0.1) is 0 Å². The molecule has 1 fully saturated rings. The predicted octanol–water partition coefficient (Wildman–Crippen LogP) is 1.51. The zero-order chi connectivity index (χ0) is 7.40. The molecule has 0 aromatic heterocycles. The summed E-state index contributed by atoms with van der Waals surface area (Å²) in [5.74, 6) is 0. The van der Waals surface area contributed by atoms with Crippen LogP contribution in [0.5, 0.6) is 0 Å². The van der Waals surface area contributed by atoms with Crippen molar-refractivity contribution in [3.8, 4) is 0 Å². The smallest absolute Gasteiger partial charge is 0.0357 e. The Bertz CT molecular complexity index is 114. The first-order valence-electron chi connectivity index (χ1n) is 4.05. The standard InChI is InChI=1S/C8H16N2/c1-8(9)7-10-5-3-2-4-6-10/h9H,2-7H2,1H3. The molecule has 0 aliphatic carbocycles. The average Bonchev–Trinajstić information content (AvgIpc) is 1.88. The van der Waals surface area contributed by atoms with E-state index >= 15 is 0 Å². The van der Waals surface area contributed by atoms with Gasteiger partial charge in [0, 0.05) is 12.3 Å². The highest BCUT2D eigenvalue weighted by atomic mass is 15.1. The predicted molar refractivity (Wildman–Crippen MR) is 43.7 cm³/mol. The van der Waals surface area contributed by atoms with E-state index in [0.717, 1.165) is 12.3 Å². The Hall–Kier alpha value is -0.370. The molecule has 0 aromatic rings. The van der Waals surface area contributed by atoms with Crippen LogP contribution in [0.2, 0.25) is 0 Å². The Morgan fingerprint density at radius 3 is 2.40 bits per heavy atom. The van der Waals surface area contributed by atoms with Crippen LogP contribution in [-0.4, -0.2) is 30.2 Å². The van der Waals surface area contributed by atoms with Gasteiger partial charge in [0.2, 0.25) is 0 Å². The zero-order valence-electron chi connectivity index (χ0n) is 6.69. The number of hydrogen-bond donors (Lipinski definition) is 1. The molecule has 1 saturated heterocycles. The highest BCUT2D eigenvalue weighted by molar-refractivity contribution is 5.80. The van der Waals surface area contributed by atoms with Crippen molar-refractivity contribution in [1.29, 1.82) is 5.41 Å². The van der Waals surface area contributed by atoms with E-state index in [-0.39, 0.29) is 0 Å². The van der Waals surface area contributed by atoms with E-state index in [2.05, 4.69) is 4.90 Å². The Labute approximate surface area is 62.7 Å². The van der Waals surface area contributed by atoms with Crippen molar-refractivity contribution in [3.63, 3.8) is 0 Å². The molecule has 1 heterocycles. The molecular weight excluding hydrogens is 124 g/mol. The van der Waals surface area contributed by atoms with Crippen molar-refractivity contribution in [2.24, 2.45) is 0 Å². The second-order valence-electron chi connectivity index (χ2n) is 3.12. The minimum Gasteiger partial charge on any atom is -0.309 e. The first-order chi connectivity index (χ1) is 4.79. The van der Waals surface area contributed by atoms with Gasteiger partial charge in [-0.2, -0.15) is 0 Å². The van der Waals surface area contributed by atoms with E-state index in [9.17, 15) is 0 Å². The lowest BCUT2D eigenvalue weighted by molar-refractivity contribution is 0.258. The molecule has 1 rings (SSSR count). The Balaban J connectivity index is 2.19. The normalized spacial score (nSPS) is 20.9.